The molecule has 0 fully saturated rings. The number of hydrogen-bond donors (Lipinski definition) is 0. The third kappa shape index (κ3) is 3.61. The van der Waals surface area contributed by atoms with E-state index in [0.717, 1.165) is 39.4 Å². The molecule has 1 aromatic heterocycles. The van der Waals surface area contributed by atoms with Crippen LogP contribution in [-0.2, 0) is 24.8 Å². The Kier molecular flexibility index (Phi) is 5.32. The summed E-state index contributed by atoms with van der Waals surface area (Å²) in [5.41, 5.74) is 6.29. The number of ether oxygens (including phenoxy) is 1. The van der Waals surface area contributed by atoms with Crippen LogP contribution in [0.15, 0.2) is 12.1 Å². The van der Waals surface area contributed by atoms with Crippen molar-refractivity contribution in [3.8, 4) is 5.75 Å². The number of carbonyl (C=O) groups excluding carboxylic acids is 1. The molecule has 0 saturated carbocycles. The lowest BCUT2D eigenvalue weighted by Crippen LogP contribution is -2.28. The molecule has 2 rings (SSSR count). The van der Waals surface area contributed by atoms with Crippen molar-refractivity contribution in [2.75, 3.05) is 14.2 Å². The number of carbonyl (C=O) groups is 1. The number of amides is 1. The fraction of sp³-hybridized carbons (Fsp3) is 0.474. The minimum absolute atomic E-state index is 0.0975. The van der Waals surface area contributed by atoms with Gasteiger partial charge in [0.2, 0.25) is 5.91 Å². The second-order valence-electron chi connectivity index (χ2n) is 6.46. The zero-order chi connectivity index (χ0) is 18.0. The van der Waals surface area contributed by atoms with Crippen molar-refractivity contribution < 1.29 is 9.53 Å². The summed E-state index contributed by atoms with van der Waals surface area (Å²) in [6, 6.07) is 4.16. The van der Waals surface area contributed by atoms with Gasteiger partial charge in [0.15, 0.2) is 0 Å². The fourth-order valence-corrected chi connectivity index (χ4v) is 3.17. The number of aromatic nitrogens is 2. The largest absolute Gasteiger partial charge is 0.496 e. The van der Waals surface area contributed by atoms with Gasteiger partial charge >= 0.3 is 0 Å². The highest BCUT2D eigenvalue weighted by Gasteiger charge is 2.17. The van der Waals surface area contributed by atoms with Crippen LogP contribution in [0.3, 0.4) is 0 Å². The Labute approximate surface area is 144 Å². The molecule has 1 aromatic carbocycles. The van der Waals surface area contributed by atoms with Crippen LogP contribution in [0.25, 0.3) is 0 Å². The van der Waals surface area contributed by atoms with E-state index in [-0.39, 0.29) is 5.91 Å². The van der Waals surface area contributed by atoms with Gasteiger partial charge in [-0.1, -0.05) is 12.1 Å². The van der Waals surface area contributed by atoms with Crippen LogP contribution in [-0.4, -0.2) is 34.7 Å². The zero-order valence-corrected chi connectivity index (χ0v) is 15.7. The smallest absolute Gasteiger partial charge is 0.227 e. The molecule has 0 unspecified atom stereocenters. The summed E-state index contributed by atoms with van der Waals surface area (Å²) in [6.45, 7) is 8.59. The molecule has 0 saturated heterocycles. The predicted molar refractivity (Wildman–Crippen MR) is 95.3 cm³/mol. The molecule has 0 radical (unpaired) electrons. The molecular weight excluding hydrogens is 302 g/mol. The number of hydrogen-bond acceptors (Lipinski definition) is 3. The maximum Gasteiger partial charge on any atom is 0.227 e. The SMILES string of the molecule is COc1c(C)cc(CN(C)C(=O)Cc2c(C)nn(C)c2C)cc1C. The molecule has 0 aliphatic rings. The molecule has 2 aromatic rings. The Hall–Kier alpha value is -2.30. The van der Waals surface area contributed by atoms with Gasteiger partial charge < -0.3 is 9.64 Å². The number of likely N-dealkylation sites (N-methyl/N-ethyl adjacent to an activating group) is 1. The van der Waals surface area contributed by atoms with Crippen LogP contribution in [0.5, 0.6) is 5.75 Å². The molecule has 24 heavy (non-hydrogen) atoms. The number of nitrogens with zero attached hydrogens (tertiary/aromatic N) is 3. The average molecular weight is 329 g/mol. The lowest BCUT2D eigenvalue weighted by Gasteiger charge is -2.19. The van der Waals surface area contributed by atoms with Gasteiger partial charge in [0.1, 0.15) is 5.75 Å². The van der Waals surface area contributed by atoms with E-state index < -0.39 is 0 Å². The van der Waals surface area contributed by atoms with Gasteiger partial charge in [-0.05, 0) is 44.4 Å². The van der Waals surface area contributed by atoms with Crippen molar-refractivity contribution in [2.24, 2.45) is 7.05 Å². The number of aryl methyl sites for hydroxylation is 4. The third-order valence-electron chi connectivity index (χ3n) is 4.56. The van der Waals surface area contributed by atoms with Gasteiger partial charge in [0.25, 0.3) is 0 Å². The Morgan fingerprint density at radius 1 is 1.21 bits per heavy atom. The van der Waals surface area contributed by atoms with E-state index in [1.807, 2.05) is 46.5 Å². The van der Waals surface area contributed by atoms with Crippen LogP contribution in [0.4, 0.5) is 0 Å². The van der Waals surface area contributed by atoms with E-state index >= 15 is 0 Å². The lowest BCUT2D eigenvalue weighted by molar-refractivity contribution is -0.129. The van der Waals surface area contributed by atoms with Crippen molar-refractivity contribution >= 4 is 5.91 Å². The Bertz CT molecular complexity index is 739. The molecule has 0 bridgehead atoms. The van der Waals surface area contributed by atoms with E-state index in [2.05, 4.69) is 17.2 Å². The van der Waals surface area contributed by atoms with E-state index in [9.17, 15) is 4.79 Å². The summed E-state index contributed by atoms with van der Waals surface area (Å²) in [4.78, 5) is 14.4. The maximum absolute atomic E-state index is 12.6. The Morgan fingerprint density at radius 2 is 1.79 bits per heavy atom. The quantitative estimate of drug-likeness (QED) is 0.847. The first kappa shape index (κ1) is 18.0. The molecule has 0 spiro atoms. The van der Waals surface area contributed by atoms with Crippen LogP contribution in [0.2, 0.25) is 0 Å². The summed E-state index contributed by atoms with van der Waals surface area (Å²) in [5.74, 6) is 1.01. The highest BCUT2D eigenvalue weighted by atomic mass is 16.5. The van der Waals surface area contributed by atoms with Gasteiger partial charge in [-0.25, -0.2) is 0 Å². The molecule has 0 atom stereocenters. The topological polar surface area (TPSA) is 47.4 Å². The molecule has 1 heterocycles. The lowest BCUT2D eigenvalue weighted by atomic mass is 10.0. The first-order chi connectivity index (χ1) is 11.2. The first-order valence-corrected chi connectivity index (χ1v) is 8.11. The molecule has 5 nitrogen and oxygen atoms in total. The monoisotopic (exact) mass is 329 g/mol. The molecule has 0 aliphatic heterocycles. The highest BCUT2D eigenvalue weighted by molar-refractivity contribution is 5.79. The first-order valence-electron chi connectivity index (χ1n) is 8.11. The van der Waals surface area contributed by atoms with Gasteiger partial charge in [-0.3, -0.25) is 9.48 Å². The van der Waals surface area contributed by atoms with Crippen LogP contribution in [0.1, 0.15) is 33.6 Å². The molecule has 0 aliphatic carbocycles. The molecule has 1 amide bonds. The third-order valence-corrected chi connectivity index (χ3v) is 4.56. The van der Waals surface area contributed by atoms with Crippen LogP contribution in [0, 0.1) is 27.7 Å². The second-order valence-corrected chi connectivity index (χ2v) is 6.46. The van der Waals surface area contributed by atoms with E-state index in [4.69, 9.17) is 4.74 Å². The average Bonchev–Trinajstić information content (AvgIpc) is 2.73. The summed E-state index contributed by atoms with van der Waals surface area (Å²) < 4.78 is 7.23. The minimum atomic E-state index is 0.0975. The van der Waals surface area contributed by atoms with E-state index in [0.29, 0.717) is 13.0 Å². The number of rotatable bonds is 5. The number of methoxy groups -OCH3 is 1. The molecule has 0 N–H and O–H groups in total. The highest BCUT2D eigenvalue weighted by Crippen LogP contribution is 2.25. The number of benzene rings is 1. The normalized spacial score (nSPS) is 10.8. The Balaban J connectivity index is 2.12. The second kappa shape index (κ2) is 7.07. The standard InChI is InChI=1S/C19H27N3O2/c1-12-8-16(9-13(2)19(12)24-7)11-21(5)18(23)10-17-14(3)20-22(6)15(17)4/h8-9H,10-11H2,1-7H3. The van der Waals surface area contributed by atoms with Gasteiger partial charge in [0.05, 0.1) is 19.2 Å². The van der Waals surface area contributed by atoms with E-state index in [1.165, 1.54) is 0 Å². The van der Waals surface area contributed by atoms with Crippen molar-refractivity contribution in [1.82, 2.24) is 14.7 Å². The summed E-state index contributed by atoms with van der Waals surface area (Å²) in [7, 11) is 5.43. The van der Waals surface area contributed by atoms with Crippen molar-refractivity contribution in [1.29, 1.82) is 0 Å². The maximum atomic E-state index is 12.6. The molecule has 5 heteroatoms. The summed E-state index contributed by atoms with van der Waals surface area (Å²) >= 11 is 0. The van der Waals surface area contributed by atoms with Crippen molar-refractivity contribution in [3.63, 3.8) is 0 Å². The Morgan fingerprint density at radius 3 is 2.25 bits per heavy atom. The van der Waals surface area contributed by atoms with Crippen LogP contribution < -0.4 is 4.74 Å². The van der Waals surface area contributed by atoms with Crippen LogP contribution >= 0.6 is 0 Å². The van der Waals surface area contributed by atoms with Crippen molar-refractivity contribution in [2.45, 2.75) is 40.7 Å². The fourth-order valence-electron chi connectivity index (χ4n) is 3.17. The minimum Gasteiger partial charge on any atom is -0.496 e. The summed E-state index contributed by atoms with van der Waals surface area (Å²) in [5, 5.41) is 4.38. The van der Waals surface area contributed by atoms with Gasteiger partial charge in [-0.15, -0.1) is 0 Å². The van der Waals surface area contributed by atoms with Crippen molar-refractivity contribution in [3.05, 3.63) is 45.8 Å². The molecular formula is C19H27N3O2. The molecule has 130 valence electrons. The van der Waals surface area contributed by atoms with Gasteiger partial charge in [-0.2, -0.15) is 5.10 Å². The zero-order valence-electron chi connectivity index (χ0n) is 15.7. The van der Waals surface area contributed by atoms with E-state index in [1.54, 1.807) is 12.0 Å². The predicted octanol–water partition coefficient (Wildman–Crippen LogP) is 2.86. The van der Waals surface area contributed by atoms with Gasteiger partial charge in [0, 0.05) is 31.9 Å². The summed E-state index contributed by atoms with van der Waals surface area (Å²) in [6.07, 6.45) is 0.385.